The number of anilines is 1. The Bertz CT molecular complexity index is 1060. The van der Waals surface area contributed by atoms with Crippen molar-refractivity contribution < 1.29 is 9.21 Å². The third-order valence-electron chi connectivity index (χ3n) is 3.65. The van der Waals surface area contributed by atoms with Crippen molar-refractivity contribution in [1.82, 2.24) is 20.4 Å². The zero-order valence-electron chi connectivity index (χ0n) is 12.8. The van der Waals surface area contributed by atoms with E-state index in [1.165, 1.54) is 0 Å². The van der Waals surface area contributed by atoms with E-state index in [1.54, 1.807) is 29.9 Å². The van der Waals surface area contributed by atoms with E-state index in [2.05, 4.69) is 15.0 Å². The number of nitrogen functional groups attached to an aromatic ring is 2. The van der Waals surface area contributed by atoms with E-state index in [4.69, 9.17) is 16.0 Å². The van der Waals surface area contributed by atoms with Gasteiger partial charge in [-0.3, -0.25) is 20.2 Å². The SMILES string of the molecule is NNC(=O)c1oc2nc(-c3cnccn3)cc(-c3cccs3)c2c1N. The van der Waals surface area contributed by atoms with Crippen LogP contribution in [0.15, 0.2) is 46.6 Å². The van der Waals surface area contributed by atoms with Crippen molar-refractivity contribution in [2.45, 2.75) is 0 Å². The number of hydrazine groups is 1. The molecule has 0 aromatic carbocycles. The summed E-state index contributed by atoms with van der Waals surface area (Å²) in [6, 6.07) is 5.74. The van der Waals surface area contributed by atoms with Gasteiger partial charge in [0, 0.05) is 22.8 Å². The molecule has 25 heavy (non-hydrogen) atoms. The summed E-state index contributed by atoms with van der Waals surface area (Å²) in [5, 5.41) is 2.52. The number of amides is 1. The lowest BCUT2D eigenvalue weighted by atomic mass is 10.1. The minimum absolute atomic E-state index is 0.0703. The smallest absolute Gasteiger partial charge is 0.303 e. The second-order valence-corrected chi connectivity index (χ2v) is 6.07. The number of thiophene rings is 1. The zero-order valence-corrected chi connectivity index (χ0v) is 13.6. The molecule has 0 atom stereocenters. The number of nitrogens with two attached hydrogens (primary N) is 2. The number of fused-ring (bicyclic) bond motifs is 1. The van der Waals surface area contributed by atoms with E-state index in [9.17, 15) is 4.79 Å². The van der Waals surface area contributed by atoms with Crippen LogP contribution in [0.3, 0.4) is 0 Å². The Kier molecular flexibility index (Phi) is 3.64. The van der Waals surface area contributed by atoms with Crippen molar-refractivity contribution in [3.63, 3.8) is 0 Å². The molecule has 5 N–H and O–H groups in total. The van der Waals surface area contributed by atoms with E-state index in [1.807, 2.05) is 29.0 Å². The predicted molar refractivity (Wildman–Crippen MR) is 94.4 cm³/mol. The molecular formula is C16H12N6O2S. The Labute approximate surface area is 145 Å². The molecule has 4 aromatic heterocycles. The number of nitrogens with zero attached hydrogens (tertiary/aromatic N) is 3. The second-order valence-electron chi connectivity index (χ2n) is 5.12. The van der Waals surface area contributed by atoms with Crippen LogP contribution in [0, 0.1) is 0 Å². The lowest BCUT2D eigenvalue weighted by Gasteiger charge is -2.05. The zero-order chi connectivity index (χ0) is 17.4. The summed E-state index contributed by atoms with van der Waals surface area (Å²) in [6.45, 7) is 0. The summed E-state index contributed by atoms with van der Waals surface area (Å²) in [5.41, 5.74) is 10.5. The van der Waals surface area contributed by atoms with Crippen LogP contribution in [-0.2, 0) is 0 Å². The maximum atomic E-state index is 11.9. The summed E-state index contributed by atoms with van der Waals surface area (Å²) >= 11 is 1.54. The third-order valence-corrected chi connectivity index (χ3v) is 4.55. The second kappa shape index (κ2) is 5.96. The van der Waals surface area contributed by atoms with Gasteiger partial charge in [0.15, 0.2) is 0 Å². The number of aromatic nitrogens is 3. The molecule has 124 valence electrons. The molecule has 0 fully saturated rings. The lowest BCUT2D eigenvalue weighted by molar-refractivity contribution is 0.0929. The third kappa shape index (κ3) is 2.51. The fraction of sp³-hybridized carbons (Fsp3) is 0. The molecule has 0 saturated carbocycles. The van der Waals surface area contributed by atoms with Gasteiger partial charge in [-0.2, -0.15) is 0 Å². The molecule has 0 spiro atoms. The normalized spacial score (nSPS) is 10.9. The highest BCUT2D eigenvalue weighted by molar-refractivity contribution is 7.13. The molecule has 4 rings (SSSR count). The molecular weight excluding hydrogens is 340 g/mol. The molecule has 0 aliphatic heterocycles. The Morgan fingerprint density at radius 2 is 2.16 bits per heavy atom. The lowest BCUT2D eigenvalue weighted by Crippen LogP contribution is -2.30. The fourth-order valence-corrected chi connectivity index (χ4v) is 3.29. The van der Waals surface area contributed by atoms with Crippen molar-refractivity contribution in [1.29, 1.82) is 0 Å². The van der Waals surface area contributed by atoms with Gasteiger partial charge in [-0.15, -0.1) is 11.3 Å². The predicted octanol–water partition coefficient (Wildman–Crippen LogP) is 2.20. The Morgan fingerprint density at radius 1 is 1.28 bits per heavy atom. The van der Waals surface area contributed by atoms with E-state index in [0.29, 0.717) is 16.8 Å². The fourth-order valence-electron chi connectivity index (χ4n) is 2.54. The molecule has 0 aliphatic carbocycles. The minimum atomic E-state index is -0.617. The van der Waals surface area contributed by atoms with Crippen LogP contribution in [-0.4, -0.2) is 20.9 Å². The molecule has 0 saturated heterocycles. The monoisotopic (exact) mass is 352 g/mol. The number of hydrogen-bond acceptors (Lipinski definition) is 8. The van der Waals surface area contributed by atoms with Gasteiger partial charge in [0.05, 0.1) is 23.0 Å². The van der Waals surface area contributed by atoms with Gasteiger partial charge in [0.2, 0.25) is 11.5 Å². The van der Waals surface area contributed by atoms with Crippen LogP contribution < -0.4 is 17.0 Å². The first-order chi connectivity index (χ1) is 12.2. The molecule has 0 radical (unpaired) electrons. The first kappa shape index (κ1) is 15.2. The molecule has 4 heterocycles. The highest BCUT2D eigenvalue weighted by Crippen LogP contribution is 2.39. The topological polar surface area (TPSA) is 133 Å². The standard InChI is InChI=1S/C16H12N6O2S/c17-13-12-8(11-2-1-5-25-11)6-9(10-7-19-3-4-20-10)21-16(12)24-14(13)15(23)22-18/h1-7H,17-18H2,(H,22,23). The van der Waals surface area contributed by atoms with Gasteiger partial charge < -0.3 is 10.2 Å². The van der Waals surface area contributed by atoms with Crippen molar-refractivity contribution in [3.05, 3.63) is 47.9 Å². The highest BCUT2D eigenvalue weighted by Gasteiger charge is 2.23. The minimum Gasteiger partial charge on any atom is -0.430 e. The quantitative estimate of drug-likeness (QED) is 0.292. The summed E-state index contributed by atoms with van der Waals surface area (Å²) in [5.74, 6) is 4.51. The van der Waals surface area contributed by atoms with Crippen LogP contribution in [0.2, 0.25) is 0 Å². The Balaban J connectivity index is 2.04. The summed E-state index contributed by atoms with van der Waals surface area (Å²) in [4.78, 5) is 25.6. The largest absolute Gasteiger partial charge is 0.430 e. The van der Waals surface area contributed by atoms with Gasteiger partial charge in [-0.1, -0.05) is 6.07 Å². The van der Waals surface area contributed by atoms with Gasteiger partial charge in [-0.05, 0) is 17.5 Å². The molecule has 4 aromatic rings. The molecule has 0 bridgehead atoms. The van der Waals surface area contributed by atoms with E-state index in [-0.39, 0.29) is 17.2 Å². The Hall–Kier alpha value is -3.30. The summed E-state index contributed by atoms with van der Waals surface area (Å²) in [6.07, 6.45) is 4.76. The molecule has 0 unspecified atom stereocenters. The average Bonchev–Trinajstić information content (AvgIpc) is 3.30. The number of pyridine rings is 1. The number of carbonyl (C=O) groups is 1. The molecule has 8 nitrogen and oxygen atoms in total. The first-order valence-corrected chi connectivity index (χ1v) is 8.11. The van der Waals surface area contributed by atoms with E-state index >= 15 is 0 Å². The van der Waals surface area contributed by atoms with Crippen molar-refractivity contribution in [3.8, 4) is 21.8 Å². The van der Waals surface area contributed by atoms with Crippen molar-refractivity contribution in [2.24, 2.45) is 5.84 Å². The first-order valence-electron chi connectivity index (χ1n) is 7.23. The maximum Gasteiger partial charge on any atom is 0.303 e. The summed E-state index contributed by atoms with van der Waals surface area (Å²) in [7, 11) is 0. The number of rotatable bonds is 3. The molecule has 9 heteroatoms. The van der Waals surface area contributed by atoms with Crippen LogP contribution in [0.5, 0.6) is 0 Å². The Morgan fingerprint density at radius 3 is 2.84 bits per heavy atom. The van der Waals surface area contributed by atoms with Gasteiger partial charge in [0.1, 0.15) is 5.69 Å². The number of carbonyl (C=O) groups excluding carboxylic acids is 1. The average molecular weight is 352 g/mol. The maximum absolute atomic E-state index is 11.9. The van der Waals surface area contributed by atoms with Crippen molar-refractivity contribution in [2.75, 3.05) is 5.73 Å². The molecule has 0 aliphatic rings. The van der Waals surface area contributed by atoms with Gasteiger partial charge in [-0.25, -0.2) is 10.8 Å². The number of furan rings is 1. The number of hydrogen-bond donors (Lipinski definition) is 3. The van der Waals surface area contributed by atoms with Crippen LogP contribution in [0.25, 0.3) is 32.9 Å². The summed E-state index contributed by atoms with van der Waals surface area (Å²) < 4.78 is 5.58. The van der Waals surface area contributed by atoms with Crippen LogP contribution in [0.1, 0.15) is 10.6 Å². The van der Waals surface area contributed by atoms with Gasteiger partial charge in [0.25, 0.3) is 0 Å². The molecule has 1 amide bonds. The van der Waals surface area contributed by atoms with E-state index in [0.717, 1.165) is 10.4 Å². The van der Waals surface area contributed by atoms with Crippen LogP contribution >= 0.6 is 11.3 Å². The van der Waals surface area contributed by atoms with Crippen LogP contribution in [0.4, 0.5) is 5.69 Å². The highest BCUT2D eigenvalue weighted by atomic mass is 32.1. The van der Waals surface area contributed by atoms with E-state index < -0.39 is 5.91 Å². The van der Waals surface area contributed by atoms with Crippen molar-refractivity contribution >= 4 is 34.0 Å². The number of nitrogens with one attached hydrogen (secondary N) is 1. The van der Waals surface area contributed by atoms with Gasteiger partial charge >= 0.3 is 5.91 Å².